The molecule has 0 spiro atoms. The smallest absolute Gasteiger partial charge is 0.210 e. The number of sulfone groups is 1. The van der Waals surface area contributed by atoms with Gasteiger partial charge in [0.2, 0.25) is 9.84 Å². The number of halogens is 1. The van der Waals surface area contributed by atoms with E-state index in [1.165, 1.54) is 19.2 Å². The van der Waals surface area contributed by atoms with Crippen LogP contribution in [0.4, 0.5) is 5.69 Å². The highest BCUT2D eigenvalue weighted by atomic mass is 35.5. The van der Waals surface area contributed by atoms with Crippen LogP contribution in [0.25, 0.3) is 0 Å². The van der Waals surface area contributed by atoms with Gasteiger partial charge in [-0.1, -0.05) is 11.6 Å². The number of nitrogens with one attached hydrogen (secondary N) is 1. The fourth-order valence-corrected chi connectivity index (χ4v) is 5.04. The summed E-state index contributed by atoms with van der Waals surface area (Å²) in [4.78, 5) is 2.48. The molecular weight excluding hydrogens is 400 g/mol. The summed E-state index contributed by atoms with van der Waals surface area (Å²) in [5.74, 6) is 0.862. The largest absolute Gasteiger partial charge is 0.495 e. The third-order valence-electron chi connectivity index (χ3n) is 4.97. The molecule has 2 aromatic rings. The SMILES string of the molecule is COc1ccc(S(=O)(=O)c2cc(Cl)ccc2OC)cc1NC1CCN(C)CC1. The Morgan fingerprint density at radius 2 is 1.68 bits per heavy atom. The van der Waals surface area contributed by atoms with Gasteiger partial charge in [0, 0.05) is 11.1 Å². The van der Waals surface area contributed by atoms with E-state index in [9.17, 15) is 8.42 Å². The summed E-state index contributed by atoms with van der Waals surface area (Å²) in [6.07, 6.45) is 1.97. The molecule has 0 aliphatic carbocycles. The van der Waals surface area contributed by atoms with Gasteiger partial charge in [-0.25, -0.2) is 8.42 Å². The number of ether oxygens (including phenoxy) is 2. The van der Waals surface area contributed by atoms with Crippen LogP contribution in [0.1, 0.15) is 12.8 Å². The molecule has 1 saturated heterocycles. The zero-order valence-electron chi connectivity index (χ0n) is 16.2. The van der Waals surface area contributed by atoms with E-state index in [2.05, 4.69) is 17.3 Å². The molecule has 0 atom stereocenters. The molecule has 2 aromatic carbocycles. The van der Waals surface area contributed by atoms with Gasteiger partial charge >= 0.3 is 0 Å². The maximum atomic E-state index is 13.2. The first-order valence-corrected chi connectivity index (χ1v) is 10.9. The molecule has 0 unspecified atom stereocenters. The lowest BCUT2D eigenvalue weighted by molar-refractivity contribution is 0.263. The standard InChI is InChI=1S/C20H25ClN2O4S/c1-23-10-8-15(9-11-23)22-17-13-16(5-7-18(17)26-2)28(24,25)20-12-14(21)4-6-19(20)27-3/h4-7,12-13,15,22H,8-11H2,1-3H3. The number of hydrogen-bond donors (Lipinski definition) is 1. The van der Waals surface area contributed by atoms with Gasteiger partial charge in [-0.3, -0.25) is 0 Å². The summed E-state index contributed by atoms with van der Waals surface area (Å²) in [5.41, 5.74) is 0.666. The van der Waals surface area contributed by atoms with Gasteiger partial charge in [0.25, 0.3) is 0 Å². The molecular formula is C20H25ClN2O4S. The number of piperidine rings is 1. The van der Waals surface area contributed by atoms with E-state index in [-0.39, 0.29) is 21.6 Å². The summed E-state index contributed by atoms with van der Waals surface area (Å²) >= 11 is 6.03. The summed E-state index contributed by atoms with van der Waals surface area (Å²) < 4.78 is 37.1. The fourth-order valence-electron chi connectivity index (χ4n) is 3.33. The highest BCUT2D eigenvalue weighted by Crippen LogP contribution is 2.35. The Morgan fingerprint density at radius 1 is 1.04 bits per heavy atom. The number of hydrogen-bond acceptors (Lipinski definition) is 6. The molecule has 0 aromatic heterocycles. The summed E-state index contributed by atoms with van der Waals surface area (Å²) in [7, 11) is 1.29. The van der Waals surface area contributed by atoms with E-state index in [1.807, 2.05) is 0 Å². The van der Waals surface area contributed by atoms with Crippen molar-refractivity contribution in [2.45, 2.75) is 28.7 Å². The Kier molecular flexibility index (Phi) is 6.37. The molecule has 0 amide bonds. The first-order chi connectivity index (χ1) is 13.3. The Hall–Kier alpha value is -1.96. The second kappa shape index (κ2) is 8.59. The second-order valence-corrected chi connectivity index (χ2v) is 9.24. The van der Waals surface area contributed by atoms with E-state index in [1.54, 1.807) is 31.4 Å². The van der Waals surface area contributed by atoms with Crippen molar-refractivity contribution in [3.05, 3.63) is 41.4 Å². The van der Waals surface area contributed by atoms with Crippen LogP contribution in [0.5, 0.6) is 11.5 Å². The van der Waals surface area contributed by atoms with Crippen molar-refractivity contribution in [1.29, 1.82) is 0 Å². The minimum atomic E-state index is -3.81. The molecule has 6 nitrogen and oxygen atoms in total. The third-order valence-corrected chi connectivity index (χ3v) is 6.98. The second-order valence-electron chi connectivity index (χ2n) is 6.88. The first kappa shape index (κ1) is 20.8. The number of anilines is 1. The zero-order chi connectivity index (χ0) is 20.3. The molecule has 1 aliphatic heterocycles. The molecule has 0 bridgehead atoms. The minimum absolute atomic E-state index is 0.0397. The molecule has 8 heteroatoms. The molecule has 1 N–H and O–H groups in total. The van der Waals surface area contributed by atoms with Gasteiger partial charge in [-0.2, -0.15) is 0 Å². The lowest BCUT2D eigenvalue weighted by atomic mass is 10.1. The van der Waals surface area contributed by atoms with E-state index >= 15 is 0 Å². The number of nitrogens with zero attached hydrogens (tertiary/aromatic N) is 1. The van der Waals surface area contributed by atoms with Crippen LogP contribution in [0, 0.1) is 0 Å². The topological polar surface area (TPSA) is 67.9 Å². The quantitative estimate of drug-likeness (QED) is 0.762. The van der Waals surface area contributed by atoms with Gasteiger partial charge in [-0.15, -0.1) is 0 Å². The molecule has 0 saturated carbocycles. The molecule has 3 rings (SSSR count). The average Bonchev–Trinajstić information content (AvgIpc) is 2.69. The summed E-state index contributed by atoms with van der Waals surface area (Å²) in [6, 6.07) is 9.65. The maximum Gasteiger partial charge on any atom is 0.210 e. The Morgan fingerprint density at radius 3 is 2.32 bits per heavy atom. The lowest BCUT2D eigenvalue weighted by Gasteiger charge is -2.30. The number of likely N-dealkylation sites (tertiary alicyclic amines) is 1. The normalized spacial score (nSPS) is 16.0. The molecule has 0 radical (unpaired) electrons. The van der Waals surface area contributed by atoms with Gasteiger partial charge in [-0.05, 0) is 69.4 Å². The minimum Gasteiger partial charge on any atom is -0.495 e. The van der Waals surface area contributed by atoms with Crippen LogP contribution < -0.4 is 14.8 Å². The van der Waals surface area contributed by atoms with Gasteiger partial charge in [0.15, 0.2) is 0 Å². The molecule has 1 fully saturated rings. The van der Waals surface area contributed by atoms with Crippen molar-refractivity contribution in [1.82, 2.24) is 4.90 Å². The number of rotatable bonds is 6. The molecule has 28 heavy (non-hydrogen) atoms. The Labute approximate surface area is 171 Å². The third kappa shape index (κ3) is 4.37. The van der Waals surface area contributed by atoms with E-state index in [4.69, 9.17) is 21.1 Å². The van der Waals surface area contributed by atoms with Crippen LogP contribution in [-0.2, 0) is 9.84 Å². The average molecular weight is 425 g/mol. The molecule has 152 valence electrons. The Balaban J connectivity index is 1.97. The van der Waals surface area contributed by atoms with Crippen molar-refractivity contribution in [2.24, 2.45) is 0 Å². The number of benzene rings is 2. The van der Waals surface area contributed by atoms with Gasteiger partial charge in [0.1, 0.15) is 16.4 Å². The fraction of sp³-hybridized carbons (Fsp3) is 0.400. The van der Waals surface area contributed by atoms with Gasteiger partial charge in [0.05, 0.1) is 24.8 Å². The Bertz CT molecular complexity index is 941. The summed E-state index contributed by atoms with van der Waals surface area (Å²) in [5, 5.41) is 3.78. The van der Waals surface area contributed by atoms with Crippen molar-refractivity contribution >= 4 is 27.1 Å². The zero-order valence-corrected chi connectivity index (χ0v) is 17.8. The predicted octanol–water partition coefficient (Wildman–Crippen LogP) is 3.70. The molecule has 1 aliphatic rings. The monoisotopic (exact) mass is 424 g/mol. The highest BCUT2D eigenvalue weighted by Gasteiger charge is 2.25. The maximum absolute atomic E-state index is 13.2. The van der Waals surface area contributed by atoms with Crippen LogP contribution >= 0.6 is 11.6 Å². The molecule has 1 heterocycles. The van der Waals surface area contributed by atoms with Crippen molar-refractivity contribution < 1.29 is 17.9 Å². The van der Waals surface area contributed by atoms with E-state index in [0.29, 0.717) is 16.5 Å². The van der Waals surface area contributed by atoms with Gasteiger partial charge < -0.3 is 19.7 Å². The van der Waals surface area contributed by atoms with Crippen molar-refractivity contribution in [2.75, 3.05) is 39.7 Å². The van der Waals surface area contributed by atoms with Crippen LogP contribution in [0.15, 0.2) is 46.2 Å². The van der Waals surface area contributed by atoms with Crippen LogP contribution in [-0.4, -0.2) is 53.7 Å². The number of methoxy groups -OCH3 is 2. The summed E-state index contributed by atoms with van der Waals surface area (Å²) in [6.45, 7) is 2.00. The highest BCUT2D eigenvalue weighted by molar-refractivity contribution is 7.91. The first-order valence-electron chi connectivity index (χ1n) is 9.07. The lowest BCUT2D eigenvalue weighted by Crippen LogP contribution is -2.36. The van der Waals surface area contributed by atoms with E-state index < -0.39 is 9.84 Å². The van der Waals surface area contributed by atoms with Crippen molar-refractivity contribution in [3.63, 3.8) is 0 Å². The predicted molar refractivity (Wildman–Crippen MR) is 111 cm³/mol. The van der Waals surface area contributed by atoms with Crippen LogP contribution in [0.3, 0.4) is 0 Å². The van der Waals surface area contributed by atoms with E-state index in [0.717, 1.165) is 25.9 Å². The van der Waals surface area contributed by atoms with Crippen LogP contribution in [0.2, 0.25) is 5.02 Å². The van der Waals surface area contributed by atoms with Crippen molar-refractivity contribution in [3.8, 4) is 11.5 Å².